The van der Waals surface area contributed by atoms with Gasteiger partial charge >= 0.3 is 0 Å². The highest BCUT2D eigenvalue weighted by Gasteiger charge is 2.30. The van der Waals surface area contributed by atoms with E-state index in [4.69, 9.17) is 5.11 Å². The molecular formula is C13H14N4O5. The molecule has 3 atom stereocenters. The van der Waals surface area contributed by atoms with Crippen molar-refractivity contribution in [3.05, 3.63) is 40.4 Å². The summed E-state index contributed by atoms with van der Waals surface area (Å²) in [6.45, 7) is -0.716. The zero-order valence-corrected chi connectivity index (χ0v) is 11.3. The first kappa shape index (κ1) is 14.6. The van der Waals surface area contributed by atoms with Gasteiger partial charge in [0.1, 0.15) is 18.3 Å². The second-order valence-corrected chi connectivity index (χ2v) is 4.87. The molecule has 9 heteroatoms. The standard InChI is InChI=1S/C13H14N4O5/c18-5-8(19)9(20)10(21)11-15-16-13-14-12(22)6-3-1-2-4-7(6)17(11)13/h1-4,8-10,18-21H,5H2,(H,14,16,22)/t8-,9-,10+/m1/s1. The van der Waals surface area contributed by atoms with Crippen LogP contribution in [0.5, 0.6) is 0 Å². The molecule has 0 saturated heterocycles. The summed E-state index contributed by atoms with van der Waals surface area (Å²) >= 11 is 0. The number of hydrogen-bond donors (Lipinski definition) is 5. The fraction of sp³-hybridized carbons (Fsp3) is 0.308. The first-order chi connectivity index (χ1) is 10.5. The van der Waals surface area contributed by atoms with Crippen LogP contribution in [0.3, 0.4) is 0 Å². The van der Waals surface area contributed by atoms with Crippen LogP contribution in [0.4, 0.5) is 0 Å². The molecule has 0 fully saturated rings. The molecule has 0 amide bonds. The Balaban J connectivity index is 2.24. The Morgan fingerprint density at radius 1 is 1.18 bits per heavy atom. The molecule has 0 radical (unpaired) electrons. The van der Waals surface area contributed by atoms with Crippen LogP contribution < -0.4 is 5.56 Å². The van der Waals surface area contributed by atoms with Gasteiger partial charge in [0, 0.05) is 0 Å². The van der Waals surface area contributed by atoms with Crippen molar-refractivity contribution in [1.29, 1.82) is 0 Å². The second-order valence-electron chi connectivity index (χ2n) is 4.87. The monoisotopic (exact) mass is 306 g/mol. The average Bonchev–Trinajstić information content (AvgIpc) is 2.96. The molecule has 116 valence electrons. The number of nitrogens with one attached hydrogen (secondary N) is 1. The third kappa shape index (κ3) is 2.16. The third-order valence-corrected chi connectivity index (χ3v) is 3.47. The maximum atomic E-state index is 11.9. The number of aliphatic hydroxyl groups is 4. The minimum absolute atomic E-state index is 0.0533. The molecule has 2 aromatic heterocycles. The highest BCUT2D eigenvalue weighted by atomic mass is 16.4. The van der Waals surface area contributed by atoms with Crippen LogP contribution in [0, 0.1) is 0 Å². The van der Waals surface area contributed by atoms with Crippen molar-refractivity contribution in [3.8, 4) is 0 Å². The fourth-order valence-corrected chi connectivity index (χ4v) is 2.31. The number of para-hydroxylation sites is 1. The van der Waals surface area contributed by atoms with Crippen LogP contribution in [0.25, 0.3) is 16.7 Å². The maximum absolute atomic E-state index is 11.9. The Morgan fingerprint density at radius 2 is 1.91 bits per heavy atom. The molecule has 0 saturated carbocycles. The predicted molar refractivity (Wildman–Crippen MR) is 75.2 cm³/mol. The zero-order valence-electron chi connectivity index (χ0n) is 11.3. The maximum Gasteiger partial charge on any atom is 0.260 e. The molecular weight excluding hydrogens is 292 g/mol. The van der Waals surface area contributed by atoms with Crippen molar-refractivity contribution in [2.75, 3.05) is 6.61 Å². The Hall–Kier alpha value is -2.33. The third-order valence-electron chi connectivity index (χ3n) is 3.47. The van der Waals surface area contributed by atoms with E-state index < -0.39 is 24.9 Å². The zero-order chi connectivity index (χ0) is 15.9. The van der Waals surface area contributed by atoms with E-state index in [2.05, 4.69) is 15.2 Å². The minimum atomic E-state index is -1.65. The summed E-state index contributed by atoms with van der Waals surface area (Å²) in [4.78, 5) is 14.5. The topological polar surface area (TPSA) is 144 Å². The number of benzene rings is 1. The van der Waals surface area contributed by atoms with Crippen molar-refractivity contribution in [2.45, 2.75) is 18.3 Å². The first-order valence-electron chi connectivity index (χ1n) is 6.55. The SMILES string of the molecule is O=c1[nH]c2nnc([C@@H](O)[C@H](O)[C@H](O)CO)n2c2ccccc12. The lowest BCUT2D eigenvalue weighted by Crippen LogP contribution is -2.35. The number of aromatic nitrogens is 4. The molecule has 0 aliphatic carbocycles. The van der Waals surface area contributed by atoms with E-state index in [1.807, 2.05) is 0 Å². The van der Waals surface area contributed by atoms with E-state index >= 15 is 0 Å². The summed E-state index contributed by atoms with van der Waals surface area (Å²) < 4.78 is 1.38. The van der Waals surface area contributed by atoms with Gasteiger partial charge in [-0.25, -0.2) is 0 Å². The van der Waals surface area contributed by atoms with Crippen molar-refractivity contribution < 1.29 is 20.4 Å². The van der Waals surface area contributed by atoms with Gasteiger partial charge in [-0.3, -0.25) is 14.2 Å². The van der Waals surface area contributed by atoms with Crippen LogP contribution in [-0.4, -0.2) is 58.8 Å². The molecule has 0 aliphatic heterocycles. The first-order valence-corrected chi connectivity index (χ1v) is 6.55. The Labute approximate surface area is 123 Å². The number of nitrogens with zero attached hydrogens (tertiary/aromatic N) is 3. The molecule has 5 N–H and O–H groups in total. The summed E-state index contributed by atoms with van der Waals surface area (Å²) in [5.41, 5.74) is 0.0958. The van der Waals surface area contributed by atoms with E-state index in [1.165, 1.54) is 4.40 Å². The number of aliphatic hydroxyl groups excluding tert-OH is 4. The lowest BCUT2D eigenvalue weighted by atomic mass is 10.1. The van der Waals surface area contributed by atoms with E-state index in [0.29, 0.717) is 10.9 Å². The van der Waals surface area contributed by atoms with Crippen molar-refractivity contribution in [1.82, 2.24) is 19.6 Å². The highest BCUT2D eigenvalue weighted by Crippen LogP contribution is 2.20. The van der Waals surface area contributed by atoms with E-state index in [1.54, 1.807) is 24.3 Å². The molecule has 0 bridgehead atoms. The average molecular weight is 306 g/mol. The Bertz CT molecular complexity index is 874. The fourth-order valence-electron chi connectivity index (χ4n) is 2.31. The number of rotatable bonds is 4. The number of hydrogen-bond acceptors (Lipinski definition) is 7. The molecule has 3 aromatic rings. The molecule has 9 nitrogen and oxygen atoms in total. The normalized spacial score (nSPS) is 16.0. The summed E-state index contributed by atoms with van der Waals surface area (Å²) in [5.74, 6) is 0.0471. The van der Waals surface area contributed by atoms with Crippen LogP contribution in [0.15, 0.2) is 29.1 Å². The van der Waals surface area contributed by atoms with Crippen LogP contribution >= 0.6 is 0 Å². The molecule has 0 aliphatic rings. The molecule has 22 heavy (non-hydrogen) atoms. The smallest absolute Gasteiger partial charge is 0.260 e. The van der Waals surface area contributed by atoms with Gasteiger partial charge in [0.15, 0.2) is 5.82 Å². The van der Waals surface area contributed by atoms with Gasteiger partial charge in [0.25, 0.3) is 5.56 Å². The van der Waals surface area contributed by atoms with Gasteiger partial charge in [-0.2, -0.15) is 0 Å². The predicted octanol–water partition coefficient (Wildman–Crippen LogP) is -1.68. The van der Waals surface area contributed by atoms with Crippen molar-refractivity contribution in [2.24, 2.45) is 0 Å². The summed E-state index contributed by atoms with van der Waals surface area (Å²) in [6, 6.07) is 6.64. The van der Waals surface area contributed by atoms with Crippen LogP contribution in [-0.2, 0) is 0 Å². The van der Waals surface area contributed by atoms with Gasteiger partial charge < -0.3 is 20.4 Å². The summed E-state index contributed by atoms with van der Waals surface area (Å²) in [6.07, 6.45) is -4.77. The second kappa shape index (κ2) is 5.46. The minimum Gasteiger partial charge on any atom is -0.394 e. The summed E-state index contributed by atoms with van der Waals surface area (Å²) in [7, 11) is 0. The van der Waals surface area contributed by atoms with E-state index in [9.17, 15) is 20.1 Å². The Morgan fingerprint density at radius 3 is 2.64 bits per heavy atom. The largest absolute Gasteiger partial charge is 0.394 e. The van der Waals surface area contributed by atoms with Gasteiger partial charge in [-0.15, -0.1) is 10.2 Å². The molecule has 0 spiro atoms. The van der Waals surface area contributed by atoms with Crippen LogP contribution in [0.1, 0.15) is 11.9 Å². The number of aromatic amines is 1. The van der Waals surface area contributed by atoms with Gasteiger partial charge in [0.2, 0.25) is 5.78 Å². The van der Waals surface area contributed by atoms with E-state index in [0.717, 1.165) is 0 Å². The molecule has 1 aromatic carbocycles. The van der Waals surface area contributed by atoms with E-state index in [-0.39, 0.29) is 17.2 Å². The number of H-pyrrole nitrogens is 1. The highest BCUT2D eigenvalue weighted by molar-refractivity contribution is 5.80. The summed E-state index contributed by atoms with van der Waals surface area (Å²) in [5, 5.41) is 46.2. The Kier molecular flexibility index (Phi) is 3.62. The molecule has 2 heterocycles. The lowest BCUT2D eigenvalue weighted by molar-refractivity contribution is -0.0805. The van der Waals surface area contributed by atoms with Crippen molar-refractivity contribution in [3.63, 3.8) is 0 Å². The molecule has 0 unspecified atom stereocenters. The van der Waals surface area contributed by atoms with Gasteiger partial charge in [-0.1, -0.05) is 12.1 Å². The van der Waals surface area contributed by atoms with Gasteiger partial charge in [0.05, 0.1) is 17.5 Å². The van der Waals surface area contributed by atoms with Crippen LogP contribution in [0.2, 0.25) is 0 Å². The van der Waals surface area contributed by atoms with Gasteiger partial charge in [-0.05, 0) is 12.1 Å². The number of fused-ring (bicyclic) bond motifs is 3. The van der Waals surface area contributed by atoms with Crippen molar-refractivity contribution >= 4 is 16.7 Å². The lowest BCUT2D eigenvalue weighted by Gasteiger charge is -2.20. The quantitative estimate of drug-likeness (QED) is 0.387. The molecule has 3 rings (SSSR count).